The fourth-order valence-electron chi connectivity index (χ4n) is 3.02. The van der Waals surface area contributed by atoms with E-state index in [1.54, 1.807) is 41.7 Å². The normalized spacial score (nSPS) is 10.6. The molecule has 0 fully saturated rings. The van der Waals surface area contributed by atoms with Crippen molar-refractivity contribution in [2.75, 3.05) is 13.2 Å². The number of esters is 1. The highest BCUT2D eigenvalue weighted by molar-refractivity contribution is 7.09. The molecule has 2 aromatic heterocycles. The summed E-state index contributed by atoms with van der Waals surface area (Å²) in [4.78, 5) is 37.7. The molecule has 0 aliphatic carbocycles. The summed E-state index contributed by atoms with van der Waals surface area (Å²) in [6, 6.07) is 12.1. The Balaban J connectivity index is 1.52. The van der Waals surface area contributed by atoms with Crippen molar-refractivity contribution in [3.8, 4) is 0 Å². The number of aryl methyl sites for hydroxylation is 1. The zero-order valence-electron chi connectivity index (χ0n) is 16.6. The van der Waals surface area contributed by atoms with Crippen LogP contribution in [0.2, 0.25) is 5.02 Å². The zero-order chi connectivity index (χ0) is 21.7. The Bertz CT molecular complexity index is 1060. The summed E-state index contributed by atoms with van der Waals surface area (Å²) in [6.07, 6.45) is 0. The Morgan fingerprint density at radius 3 is 2.53 bits per heavy atom. The van der Waals surface area contributed by atoms with Crippen molar-refractivity contribution in [1.29, 1.82) is 0 Å². The van der Waals surface area contributed by atoms with Gasteiger partial charge in [0.05, 0.1) is 6.54 Å². The fourth-order valence-corrected chi connectivity index (χ4v) is 3.83. The lowest BCUT2D eigenvalue weighted by molar-refractivity contribution is -0.141. The van der Waals surface area contributed by atoms with Gasteiger partial charge < -0.3 is 14.6 Å². The molecular weight excluding hydrogens is 424 g/mol. The molecule has 0 aliphatic rings. The number of rotatable bonds is 8. The number of nitrogens with one attached hydrogen (secondary N) is 1. The maximum absolute atomic E-state index is 12.5. The number of carbonyl (C=O) groups excluding carboxylic acids is 3. The molecule has 0 radical (unpaired) electrons. The molecule has 0 aliphatic heterocycles. The van der Waals surface area contributed by atoms with Crippen LogP contribution in [0.1, 0.15) is 37.0 Å². The Morgan fingerprint density at radius 2 is 1.87 bits per heavy atom. The first kappa shape index (κ1) is 21.8. The van der Waals surface area contributed by atoms with Crippen molar-refractivity contribution in [1.82, 2.24) is 9.88 Å². The van der Waals surface area contributed by atoms with Gasteiger partial charge in [0, 0.05) is 32.4 Å². The number of hydrogen-bond acceptors (Lipinski definition) is 5. The number of thiophene rings is 1. The van der Waals surface area contributed by atoms with Gasteiger partial charge in [0.25, 0.3) is 5.91 Å². The minimum atomic E-state index is -0.682. The molecule has 0 atom stereocenters. The number of ether oxygens (including phenoxy) is 1. The van der Waals surface area contributed by atoms with Gasteiger partial charge in [-0.05, 0) is 55.6 Å². The number of ketones is 1. The summed E-state index contributed by atoms with van der Waals surface area (Å²) in [5, 5.41) is 4.99. The molecule has 0 bridgehead atoms. The van der Waals surface area contributed by atoms with E-state index in [0.717, 1.165) is 11.4 Å². The number of amides is 1. The molecule has 3 aromatic rings. The highest BCUT2D eigenvalue weighted by Crippen LogP contribution is 2.20. The summed E-state index contributed by atoms with van der Waals surface area (Å²) in [7, 11) is 0. The predicted octanol–water partition coefficient (Wildman–Crippen LogP) is 4.02. The first-order valence-electron chi connectivity index (χ1n) is 9.27. The van der Waals surface area contributed by atoms with Crippen LogP contribution >= 0.6 is 22.9 Å². The molecule has 0 saturated carbocycles. The molecule has 0 unspecified atom stereocenters. The minimum Gasteiger partial charge on any atom is -0.456 e. The van der Waals surface area contributed by atoms with E-state index in [1.165, 1.54) is 4.88 Å². The summed E-state index contributed by atoms with van der Waals surface area (Å²) in [5.41, 5.74) is 2.70. The third kappa shape index (κ3) is 5.37. The molecule has 1 N–H and O–H groups in total. The molecule has 3 rings (SSSR count). The van der Waals surface area contributed by atoms with Gasteiger partial charge in [-0.25, -0.2) is 0 Å². The number of benzene rings is 1. The van der Waals surface area contributed by atoms with Crippen molar-refractivity contribution < 1.29 is 19.1 Å². The third-order valence-corrected chi connectivity index (χ3v) is 5.75. The summed E-state index contributed by atoms with van der Waals surface area (Å²) < 4.78 is 7.10. The quantitative estimate of drug-likeness (QED) is 0.420. The predicted molar refractivity (Wildman–Crippen MR) is 116 cm³/mol. The van der Waals surface area contributed by atoms with Crippen LogP contribution < -0.4 is 5.32 Å². The van der Waals surface area contributed by atoms with Crippen LogP contribution in [0.25, 0.3) is 0 Å². The second kappa shape index (κ2) is 9.73. The lowest BCUT2D eigenvalue weighted by atomic mass is 10.1. The second-order valence-electron chi connectivity index (χ2n) is 6.72. The Labute approximate surface area is 183 Å². The van der Waals surface area contributed by atoms with Gasteiger partial charge in [-0.15, -0.1) is 11.3 Å². The third-order valence-electron chi connectivity index (χ3n) is 4.63. The number of carbonyl (C=O) groups is 3. The van der Waals surface area contributed by atoms with Gasteiger partial charge in [0.15, 0.2) is 6.61 Å². The molecule has 0 spiro atoms. The largest absolute Gasteiger partial charge is 0.456 e. The van der Waals surface area contributed by atoms with Gasteiger partial charge in [-0.1, -0.05) is 17.7 Å². The van der Waals surface area contributed by atoms with Crippen molar-refractivity contribution in [2.24, 2.45) is 0 Å². The van der Waals surface area contributed by atoms with E-state index in [9.17, 15) is 14.4 Å². The average molecular weight is 445 g/mol. The summed E-state index contributed by atoms with van der Waals surface area (Å²) in [5.74, 6) is -1.39. The molecule has 0 saturated heterocycles. The smallest absolute Gasteiger partial charge is 0.325 e. The molecule has 1 amide bonds. The molecule has 6 nitrogen and oxygen atoms in total. The Morgan fingerprint density at radius 1 is 1.13 bits per heavy atom. The number of nitrogens with zero attached hydrogens (tertiary/aromatic N) is 1. The van der Waals surface area contributed by atoms with E-state index < -0.39 is 11.9 Å². The molecule has 8 heteroatoms. The number of Topliss-reactive ketones (excluding diaryl/α,β-unsaturated/α-hetero) is 1. The topological polar surface area (TPSA) is 77.4 Å². The fraction of sp³-hybridized carbons (Fsp3) is 0.227. The van der Waals surface area contributed by atoms with Crippen molar-refractivity contribution >= 4 is 40.6 Å². The van der Waals surface area contributed by atoms with Gasteiger partial charge in [0.2, 0.25) is 5.78 Å². The first-order valence-corrected chi connectivity index (χ1v) is 10.5. The summed E-state index contributed by atoms with van der Waals surface area (Å²) in [6.45, 7) is 3.81. The van der Waals surface area contributed by atoms with Crippen molar-refractivity contribution in [3.05, 3.63) is 80.3 Å². The monoisotopic (exact) mass is 444 g/mol. The van der Waals surface area contributed by atoms with Crippen LogP contribution in [0.4, 0.5) is 0 Å². The maximum Gasteiger partial charge on any atom is 0.325 e. The average Bonchev–Trinajstić information content (AvgIpc) is 3.34. The van der Waals surface area contributed by atoms with Gasteiger partial charge in [-0.2, -0.15) is 0 Å². The number of halogens is 1. The zero-order valence-corrected chi connectivity index (χ0v) is 18.2. The van der Waals surface area contributed by atoms with Crippen molar-refractivity contribution in [2.45, 2.75) is 20.4 Å². The van der Waals surface area contributed by atoms with Crippen LogP contribution in [0, 0.1) is 13.8 Å². The van der Waals surface area contributed by atoms with Gasteiger partial charge in [-0.3, -0.25) is 14.4 Å². The Kier molecular flexibility index (Phi) is 7.07. The molecule has 156 valence electrons. The van der Waals surface area contributed by atoms with Crippen LogP contribution in [0.15, 0.2) is 47.8 Å². The van der Waals surface area contributed by atoms with E-state index in [2.05, 4.69) is 9.88 Å². The standard InChI is InChI=1S/C22H21ClN2O4S/c1-14-10-19(15(2)25(14)12-18-4-3-9-30-18)20(26)13-29-21(27)11-24-22(28)16-5-7-17(23)8-6-16/h3-10H,11-13H2,1-2H3,(H,24,28). The van der Waals surface area contributed by atoms with Crippen LogP contribution in [-0.2, 0) is 16.1 Å². The highest BCUT2D eigenvalue weighted by atomic mass is 35.5. The lowest BCUT2D eigenvalue weighted by Crippen LogP contribution is -2.31. The number of aromatic nitrogens is 1. The molecule has 1 aromatic carbocycles. The first-order chi connectivity index (χ1) is 14.3. The maximum atomic E-state index is 12.5. The minimum absolute atomic E-state index is 0.280. The number of hydrogen-bond donors (Lipinski definition) is 1. The Hall–Kier alpha value is -2.90. The van der Waals surface area contributed by atoms with E-state index in [-0.39, 0.29) is 18.9 Å². The molecular formula is C22H21ClN2O4S. The highest BCUT2D eigenvalue weighted by Gasteiger charge is 2.18. The van der Waals surface area contributed by atoms with Crippen LogP contribution in [0.5, 0.6) is 0 Å². The van der Waals surface area contributed by atoms with Crippen LogP contribution in [-0.4, -0.2) is 35.4 Å². The second-order valence-corrected chi connectivity index (χ2v) is 8.19. The van der Waals surface area contributed by atoms with E-state index in [0.29, 0.717) is 22.7 Å². The van der Waals surface area contributed by atoms with E-state index in [4.69, 9.17) is 16.3 Å². The molecule has 30 heavy (non-hydrogen) atoms. The van der Waals surface area contributed by atoms with Gasteiger partial charge in [0.1, 0.15) is 6.54 Å². The lowest BCUT2D eigenvalue weighted by Gasteiger charge is -2.09. The van der Waals surface area contributed by atoms with E-state index in [1.807, 2.05) is 31.4 Å². The van der Waals surface area contributed by atoms with E-state index >= 15 is 0 Å². The van der Waals surface area contributed by atoms with Crippen LogP contribution in [0.3, 0.4) is 0 Å². The summed E-state index contributed by atoms with van der Waals surface area (Å²) >= 11 is 7.44. The SMILES string of the molecule is Cc1cc(C(=O)COC(=O)CNC(=O)c2ccc(Cl)cc2)c(C)n1Cc1cccs1. The molecule has 2 heterocycles. The van der Waals surface area contributed by atoms with Crippen molar-refractivity contribution in [3.63, 3.8) is 0 Å². The van der Waals surface area contributed by atoms with Gasteiger partial charge >= 0.3 is 5.97 Å².